The first kappa shape index (κ1) is 26.7. The quantitative estimate of drug-likeness (QED) is 0.272. The van der Waals surface area contributed by atoms with Gasteiger partial charge in [-0.15, -0.1) is 0 Å². The van der Waals surface area contributed by atoms with E-state index in [9.17, 15) is 14.4 Å². The van der Waals surface area contributed by atoms with Crippen molar-refractivity contribution in [2.24, 2.45) is 0 Å². The molecule has 0 bridgehead atoms. The molecule has 9 heteroatoms. The summed E-state index contributed by atoms with van der Waals surface area (Å²) in [5, 5.41) is 14.6. The lowest BCUT2D eigenvalue weighted by atomic mass is 9.93. The lowest BCUT2D eigenvalue weighted by Crippen LogP contribution is -2.39. The van der Waals surface area contributed by atoms with Crippen LogP contribution >= 0.6 is 0 Å². The van der Waals surface area contributed by atoms with Gasteiger partial charge in [0.05, 0.1) is 19.0 Å². The fourth-order valence-electron chi connectivity index (χ4n) is 4.81. The zero-order chi connectivity index (χ0) is 28.1. The summed E-state index contributed by atoms with van der Waals surface area (Å²) in [6, 6.07) is 22.0. The highest BCUT2D eigenvalue weighted by molar-refractivity contribution is 6.00. The SMILES string of the molecule is Cc1ccccc1NC(=O)Nc1ccc(CC(=O)N2Cc3ccccc3CC2c2ncc(CCC(=O)O)o2)cc1. The second kappa shape index (κ2) is 11.9. The van der Waals surface area contributed by atoms with Gasteiger partial charge in [0.2, 0.25) is 11.8 Å². The molecule has 4 aromatic rings. The normalized spacial score (nSPS) is 14.3. The van der Waals surface area contributed by atoms with Crippen LogP contribution in [0.2, 0.25) is 0 Å². The van der Waals surface area contributed by atoms with Crippen molar-refractivity contribution in [3.63, 3.8) is 0 Å². The molecule has 204 valence electrons. The number of aryl methyl sites for hydroxylation is 2. The van der Waals surface area contributed by atoms with Gasteiger partial charge in [0.1, 0.15) is 11.8 Å². The Balaban J connectivity index is 1.27. The minimum Gasteiger partial charge on any atom is -0.481 e. The number of nitrogens with zero attached hydrogens (tertiary/aromatic N) is 2. The highest BCUT2D eigenvalue weighted by Crippen LogP contribution is 2.34. The van der Waals surface area contributed by atoms with Crippen molar-refractivity contribution < 1.29 is 23.9 Å². The highest BCUT2D eigenvalue weighted by Gasteiger charge is 2.33. The van der Waals surface area contributed by atoms with Gasteiger partial charge in [-0.1, -0.05) is 54.6 Å². The summed E-state index contributed by atoms with van der Waals surface area (Å²) < 4.78 is 5.91. The number of para-hydroxylation sites is 1. The minimum absolute atomic E-state index is 0.0524. The number of hydrogen-bond donors (Lipinski definition) is 3. The van der Waals surface area contributed by atoms with Crippen LogP contribution in [-0.2, 0) is 35.4 Å². The average molecular weight is 539 g/mol. The van der Waals surface area contributed by atoms with E-state index in [1.165, 1.54) is 0 Å². The summed E-state index contributed by atoms with van der Waals surface area (Å²) in [5.74, 6) is -0.0991. The molecule has 5 rings (SSSR count). The summed E-state index contributed by atoms with van der Waals surface area (Å²) in [7, 11) is 0. The molecular formula is C31H30N4O5. The smallest absolute Gasteiger partial charge is 0.323 e. The zero-order valence-corrected chi connectivity index (χ0v) is 22.1. The second-order valence-electron chi connectivity index (χ2n) is 9.84. The van der Waals surface area contributed by atoms with Gasteiger partial charge in [-0.25, -0.2) is 9.78 Å². The van der Waals surface area contributed by atoms with Crippen molar-refractivity contribution in [1.29, 1.82) is 0 Å². The van der Waals surface area contributed by atoms with Crippen LogP contribution in [0, 0.1) is 6.92 Å². The lowest BCUT2D eigenvalue weighted by molar-refractivity contribution is -0.137. The number of carboxylic acid groups (broad SMARTS) is 1. The zero-order valence-electron chi connectivity index (χ0n) is 22.1. The molecule has 3 amide bonds. The Morgan fingerprint density at radius 2 is 1.70 bits per heavy atom. The molecule has 3 N–H and O–H groups in total. The standard InChI is InChI=1S/C31H30N4O5/c1-20-6-2-5-9-26(20)34-31(39)33-24-12-10-21(11-13-24)16-28(36)35-19-23-8-4-3-7-22(23)17-27(35)30-32-18-25(40-30)14-15-29(37)38/h2-13,18,27H,14-17,19H2,1H3,(H,37,38)(H2,33,34,39). The number of rotatable bonds is 8. The first-order valence-corrected chi connectivity index (χ1v) is 13.1. The summed E-state index contributed by atoms with van der Waals surface area (Å²) >= 11 is 0. The molecule has 1 unspecified atom stereocenters. The summed E-state index contributed by atoms with van der Waals surface area (Å²) in [6.45, 7) is 2.35. The molecule has 3 aromatic carbocycles. The highest BCUT2D eigenvalue weighted by atomic mass is 16.4. The number of amides is 3. The molecule has 9 nitrogen and oxygen atoms in total. The Morgan fingerprint density at radius 1 is 0.975 bits per heavy atom. The van der Waals surface area contributed by atoms with E-state index in [0.717, 1.165) is 27.9 Å². The van der Waals surface area contributed by atoms with Crippen molar-refractivity contribution in [2.45, 2.75) is 45.2 Å². The number of carbonyl (C=O) groups excluding carboxylic acids is 2. The lowest BCUT2D eigenvalue weighted by Gasteiger charge is -2.35. The van der Waals surface area contributed by atoms with Crippen LogP contribution in [0.4, 0.5) is 16.2 Å². The van der Waals surface area contributed by atoms with E-state index in [-0.39, 0.29) is 31.2 Å². The average Bonchev–Trinajstić information content (AvgIpc) is 3.42. The Morgan fingerprint density at radius 3 is 2.45 bits per heavy atom. The van der Waals surface area contributed by atoms with Crippen LogP contribution in [0.1, 0.15) is 46.4 Å². The van der Waals surface area contributed by atoms with Crippen LogP contribution in [0.25, 0.3) is 0 Å². The minimum atomic E-state index is -0.908. The van der Waals surface area contributed by atoms with Gasteiger partial charge >= 0.3 is 12.0 Å². The number of carbonyl (C=O) groups is 3. The third kappa shape index (κ3) is 6.37. The number of urea groups is 1. The molecule has 2 heterocycles. The number of anilines is 2. The maximum atomic E-state index is 13.6. The molecular weight excluding hydrogens is 508 g/mol. The van der Waals surface area contributed by atoms with E-state index in [2.05, 4.69) is 15.6 Å². The van der Waals surface area contributed by atoms with Gasteiger partial charge < -0.3 is 25.1 Å². The number of benzene rings is 3. The second-order valence-corrected chi connectivity index (χ2v) is 9.84. The number of aromatic nitrogens is 1. The van der Waals surface area contributed by atoms with Gasteiger partial charge in [-0.05, 0) is 47.4 Å². The van der Waals surface area contributed by atoms with Gasteiger partial charge in [-0.2, -0.15) is 0 Å². The molecule has 0 saturated carbocycles. The maximum absolute atomic E-state index is 13.6. The summed E-state index contributed by atoms with van der Waals surface area (Å²) in [4.78, 5) is 43.1. The van der Waals surface area contributed by atoms with E-state index >= 15 is 0 Å². The van der Waals surface area contributed by atoms with Gasteiger partial charge in [-0.3, -0.25) is 9.59 Å². The Bertz CT molecular complexity index is 1530. The summed E-state index contributed by atoms with van der Waals surface area (Å²) in [5.41, 5.74) is 5.32. The molecule has 1 aromatic heterocycles. The van der Waals surface area contributed by atoms with E-state index in [1.807, 2.05) is 67.6 Å². The predicted octanol–water partition coefficient (Wildman–Crippen LogP) is 5.51. The molecule has 40 heavy (non-hydrogen) atoms. The van der Waals surface area contributed by atoms with E-state index in [0.29, 0.717) is 30.3 Å². The van der Waals surface area contributed by atoms with Crippen molar-refractivity contribution >= 4 is 29.3 Å². The molecule has 1 atom stereocenters. The topological polar surface area (TPSA) is 125 Å². The third-order valence-corrected chi connectivity index (χ3v) is 6.97. The Kier molecular flexibility index (Phi) is 7.91. The van der Waals surface area contributed by atoms with Crippen molar-refractivity contribution in [2.75, 3.05) is 10.6 Å². The number of nitrogens with one attached hydrogen (secondary N) is 2. The van der Waals surface area contributed by atoms with Gasteiger partial charge in [0, 0.05) is 30.8 Å². The number of hydrogen-bond acceptors (Lipinski definition) is 5. The van der Waals surface area contributed by atoms with E-state index < -0.39 is 12.0 Å². The van der Waals surface area contributed by atoms with E-state index in [1.54, 1.807) is 23.2 Å². The van der Waals surface area contributed by atoms with Gasteiger partial charge in [0.25, 0.3) is 0 Å². The largest absolute Gasteiger partial charge is 0.481 e. The molecule has 1 aliphatic rings. The van der Waals surface area contributed by atoms with Crippen LogP contribution in [0.5, 0.6) is 0 Å². The van der Waals surface area contributed by atoms with Crippen LogP contribution in [-0.4, -0.2) is 32.9 Å². The monoisotopic (exact) mass is 538 g/mol. The van der Waals surface area contributed by atoms with Crippen molar-refractivity contribution in [1.82, 2.24) is 9.88 Å². The first-order chi connectivity index (χ1) is 19.4. The predicted molar refractivity (Wildman–Crippen MR) is 150 cm³/mol. The molecule has 0 fully saturated rings. The van der Waals surface area contributed by atoms with Crippen LogP contribution in [0.15, 0.2) is 83.4 Å². The number of fused-ring (bicyclic) bond motifs is 1. The van der Waals surface area contributed by atoms with Crippen molar-refractivity contribution in [3.8, 4) is 0 Å². The van der Waals surface area contributed by atoms with Crippen molar-refractivity contribution in [3.05, 3.63) is 113 Å². The number of oxazole rings is 1. The fraction of sp³-hybridized carbons (Fsp3) is 0.226. The molecule has 1 aliphatic heterocycles. The van der Waals surface area contributed by atoms with Crippen LogP contribution in [0.3, 0.4) is 0 Å². The molecule has 0 saturated heterocycles. The Labute approximate surface area is 231 Å². The van der Waals surface area contributed by atoms with Gasteiger partial charge in [0.15, 0.2) is 0 Å². The third-order valence-electron chi connectivity index (χ3n) is 6.97. The maximum Gasteiger partial charge on any atom is 0.323 e. The first-order valence-electron chi connectivity index (χ1n) is 13.1. The summed E-state index contributed by atoms with van der Waals surface area (Å²) in [6.07, 6.45) is 2.45. The van der Waals surface area contributed by atoms with Crippen LogP contribution < -0.4 is 10.6 Å². The molecule has 0 spiro atoms. The number of aliphatic carboxylic acids is 1. The molecule has 0 radical (unpaired) electrons. The fourth-order valence-corrected chi connectivity index (χ4v) is 4.81. The number of carboxylic acids is 1. The van der Waals surface area contributed by atoms with E-state index in [4.69, 9.17) is 9.52 Å². The Hall–Kier alpha value is -4.92. The molecule has 0 aliphatic carbocycles.